The van der Waals surface area contributed by atoms with Crippen LogP contribution in [0, 0.1) is 6.92 Å². The van der Waals surface area contributed by atoms with E-state index < -0.39 is 0 Å². The molecule has 0 saturated heterocycles. The zero-order valence-corrected chi connectivity index (χ0v) is 18.6. The lowest BCUT2D eigenvalue weighted by Gasteiger charge is -2.05. The molecule has 3 heterocycles. The molecule has 0 atom stereocenters. The third-order valence-electron chi connectivity index (χ3n) is 3.50. The number of halogens is 3. The van der Waals surface area contributed by atoms with E-state index >= 15 is 0 Å². The number of imidazole rings is 1. The van der Waals surface area contributed by atoms with Gasteiger partial charge in [-0.25, -0.2) is 15.0 Å². The Morgan fingerprint density at radius 3 is 2.84 bits per heavy atom. The summed E-state index contributed by atoms with van der Waals surface area (Å²) in [5.41, 5.74) is 3.73. The first-order valence-corrected chi connectivity index (χ1v) is 9.56. The molecular formula is C16H12Br3N5S. The first kappa shape index (κ1) is 18.5. The molecule has 9 heteroatoms. The molecule has 128 valence electrons. The Labute approximate surface area is 175 Å². The summed E-state index contributed by atoms with van der Waals surface area (Å²) >= 11 is 8.57. The third-order valence-corrected chi connectivity index (χ3v) is 5.40. The average molecular weight is 546 g/mol. The van der Waals surface area contributed by atoms with E-state index in [9.17, 15) is 0 Å². The number of fused-ring (bicyclic) bond motifs is 1. The number of hydrogen-bond acceptors (Lipinski definition) is 5. The van der Waals surface area contributed by atoms with Gasteiger partial charge >= 0.3 is 0 Å². The number of hydrogen-bond donors (Lipinski definition) is 1. The van der Waals surface area contributed by atoms with Crippen molar-refractivity contribution in [1.29, 1.82) is 0 Å². The van der Waals surface area contributed by atoms with Crippen molar-refractivity contribution in [3.8, 4) is 11.4 Å². The first-order valence-electron chi connectivity index (χ1n) is 7.09. The molecule has 0 radical (unpaired) electrons. The molecule has 0 spiro atoms. The van der Waals surface area contributed by atoms with Crippen molar-refractivity contribution in [1.82, 2.24) is 19.4 Å². The van der Waals surface area contributed by atoms with Gasteiger partial charge in [-0.15, -0.1) is 28.3 Å². The normalized spacial score (nSPS) is 10.7. The zero-order valence-electron chi connectivity index (χ0n) is 12.9. The lowest BCUT2D eigenvalue weighted by molar-refractivity contribution is 1.11. The fraction of sp³-hybridized carbons (Fsp3) is 0.0625. The Kier molecular flexibility index (Phi) is 5.57. The largest absolute Gasteiger partial charge is 0.331 e. The molecule has 1 aromatic carbocycles. The van der Waals surface area contributed by atoms with Gasteiger partial charge in [0.1, 0.15) is 5.69 Å². The molecule has 3 aromatic heterocycles. The van der Waals surface area contributed by atoms with Crippen LogP contribution in [0.2, 0.25) is 0 Å². The summed E-state index contributed by atoms with van der Waals surface area (Å²) in [4.78, 5) is 13.5. The Balaban J connectivity index is 0.00000182. The van der Waals surface area contributed by atoms with E-state index in [1.165, 1.54) is 0 Å². The van der Waals surface area contributed by atoms with Crippen LogP contribution in [0.4, 0.5) is 10.8 Å². The van der Waals surface area contributed by atoms with Crippen LogP contribution in [0.5, 0.6) is 0 Å². The van der Waals surface area contributed by atoms with Crippen LogP contribution in [-0.2, 0) is 0 Å². The zero-order chi connectivity index (χ0) is 16.7. The number of nitrogens with one attached hydrogen (secondary N) is 1. The van der Waals surface area contributed by atoms with Crippen molar-refractivity contribution in [2.45, 2.75) is 6.92 Å². The van der Waals surface area contributed by atoms with Gasteiger partial charge < -0.3 is 5.32 Å². The maximum Gasteiger partial charge on any atom is 0.234 e. The van der Waals surface area contributed by atoms with Crippen LogP contribution < -0.4 is 5.32 Å². The molecule has 0 amide bonds. The number of aromatic nitrogens is 4. The van der Waals surface area contributed by atoms with Gasteiger partial charge in [-0.2, -0.15) is 0 Å². The highest BCUT2D eigenvalue weighted by Crippen LogP contribution is 2.32. The van der Waals surface area contributed by atoms with Gasteiger partial charge in [-0.1, -0.05) is 15.9 Å². The maximum absolute atomic E-state index is 4.71. The number of nitrogens with zero attached hydrogens (tertiary/aromatic N) is 4. The smallest absolute Gasteiger partial charge is 0.234 e. The average Bonchev–Trinajstić information content (AvgIpc) is 3.13. The van der Waals surface area contributed by atoms with E-state index in [0.717, 1.165) is 36.8 Å². The van der Waals surface area contributed by atoms with Crippen LogP contribution in [0.25, 0.3) is 17.2 Å². The number of anilines is 2. The summed E-state index contributed by atoms with van der Waals surface area (Å²) in [6.45, 7) is 1.97. The molecule has 0 saturated carbocycles. The van der Waals surface area contributed by atoms with Gasteiger partial charge in [-0.05, 0) is 47.1 Å². The van der Waals surface area contributed by atoms with Crippen LogP contribution in [0.1, 0.15) is 5.69 Å². The lowest BCUT2D eigenvalue weighted by Crippen LogP contribution is -1.93. The first-order chi connectivity index (χ1) is 11.6. The summed E-state index contributed by atoms with van der Waals surface area (Å²) < 4.78 is 3.96. The van der Waals surface area contributed by atoms with Gasteiger partial charge in [0.05, 0.1) is 17.1 Å². The topological polar surface area (TPSA) is 55.1 Å². The molecule has 0 aliphatic rings. The van der Waals surface area contributed by atoms with E-state index in [2.05, 4.69) is 47.1 Å². The third kappa shape index (κ3) is 3.64. The van der Waals surface area contributed by atoms with Crippen molar-refractivity contribution < 1.29 is 0 Å². The van der Waals surface area contributed by atoms with E-state index in [1.807, 2.05) is 47.2 Å². The predicted molar refractivity (Wildman–Crippen MR) is 114 cm³/mol. The van der Waals surface area contributed by atoms with E-state index in [-0.39, 0.29) is 17.0 Å². The second-order valence-electron chi connectivity index (χ2n) is 5.12. The fourth-order valence-electron chi connectivity index (χ4n) is 2.45. The van der Waals surface area contributed by atoms with Gasteiger partial charge in [0, 0.05) is 26.7 Å². The summed E-state index contributed by atoms with van der Waals surface area (Å²) in [6.07, 6.45) is 3.69. The molecule has 1 N–H and O–H groups in total. The second kappa shape index (κ2) is 7.53. The van der Waals surface area contributed by atoms with Gasteiger partial charge in [0.2, 0.25) is 5.78 Å². The lowest BCUT2D eigenvalue weighted by atomic mass is 10.3. The Hall–Kier alpha value is -1.29. The Morgan fingerprint density at radius 2 is 2.04 bits per heavy atom. The predicted octanol–water partition coefficient (Wildman–Crippen LogP) is 6.01. The highest BCUT2D eigenvalue weighted by Gasteiger charge is 2.15. The highest BCUT2D eigenvalue weighted by molar-refractivity contribution is 9.11. The summed E-state index contributed by atoms with van der Waals surface area (Å²) in [5.74, 6) is 0.683. The summed E-state index contributed by atoms with van der Waals surface area (Å²) in [5, 5.41) is 6.20. The molecule has 0 unspecified atom stereocenters. The standard InChI is InChI=1S/C16H11Br2N5S.BrH/c1-9-14(23-6-2-5-19-15(23)20-9)13-8-24-16(22-13)21-12-4-3-10(17)7-11(12)18;/h2-8H,1H3,(H,21,22);1H. The molecule has 0 aliphatic carbocycles. The van der Waals surface area contributed by atoms with Crippen LogP contribution in [0.3, 0.4) is 0 Å². The van der Waals surface area contributed by atoms with Gasteiger partial charge in [-0.3, -0.25) is 4.40 Å². The molecule has 0 fully saturated rings. The molecule has 4 aromatic rings. The summed E-state index contributed by atoms with van der Waals surface area (Å²) in [6, 6.07) is 7.87. The maximum atomic E-state index is 4.71. The number of benzene rings is 1. The van der Waals surface area contributed by atoms with Gasteiger partial charge in [0.25, 0.3) is 0 Å². The quantitative estimate of drug-likeness (QED) is 0.343. The number of aryl methyl sites for hydroxylation is 1. The van der Waals surface area contributed by atoms with E-state index in [4.69, 9.17) is 4.98 Å². The minimum Gasteiger partial charge on any atom is -0.331 e. The molecule has 0 bridgehead atoms. The van der Waals surface area contributed by atoms with E-state index in [0.29, 0.717) is 5.78 Å². The second-order valence-corrected chi connectivity index (χ2v) is 7.75. The molecule has 4 rings (SSSR count). The van der Waals surface area contributed by atoms with Crippen molar-refractivity contribution in [3.05, 3.63) is 56.7 Å². The SMILES string of the molecule is Br.Cc1nc2ncccn2c1-c1csc(Nc2ccc(Br)cc2Br)n1. The van der Waals surface area contributed by atoms with E-state index in [1.54, 1.807) is 17.5 Å². The molecule has 5 nitrogen and oxygen atoms in total. The molecule has 0 aliphatic heterocycles. The minimum atomic E-state index is 0. The van der Waals surface area contributed by atoms with Crippen LogP contribution in [-0.4, -0.2) is 19.4 Å². The molecule has 25 heavy (non-hydrogen) atoms. The summed E-state index contributed by atoms with van der Waals surface area (Å²) in [7, 11) is 0. The monoisotopic (exact) mass is 543 g/mol. The van der Waals surface area contributed by atoms with Crippen LogP contribution in [0.15, 0.2) is 51.0 Å². The van der Waals surface area contributed by atoms with Crippen LogP contribution >= 0.6 is 60.2 Å². The van der Waals surface area contributed by atoms with Crippen molar-refractivity contribution >= 4 is 76.8 Å². The van der Waals surface area contributed by atoms with Crippen molar-refractivity contribution in [3.63, 3.8) is 0 Å². The van der Waals surface area contributed by atoms with Gasteiger partial charge in [0.15, 0.2) is 5.13 Å². The Bertz CT molecular complexity index is 1040. The number of rotatable bonds is 3. The van der Waals surface area contributed by atoms with Crippen molar-refractivity contribution in [2.75, 3.05) is 5.32 Å². The number of thiazole rings is 1. The Morgan fingerprint density at radius 1 is 1.20 bits per heavy atom. The fourth-order valence-corrected chi connectivity index (χ4v) is 4.31. The highest BCUT2D eigenvalue weighted by atomic mass is 79.9. The van der Waals surface area contributed by atoms with Crippen molar-refractivity contribution in [2.24, 2.45) is 0 Å². The molecular weight excluding hydrogens is 534 g/mol. The minimum absolute atomic E-state index is 0.